The van der Waals surface area contributed by atoms with Crippen molar-refractivity contribution < 1.29 is 19.0 Å². The lowest BCUT2D eigenvalue weighted by Gasteiger charge is -2.27. The minimum atomic E-state index is -0.820. The van der Waals surface area contributed by atoms with Crippen molar-refractivity contribution in [1.82, 2.24) is 4.90 Å². The fourth-order valence-electron chi connectivity index (χ4n) is 3.25. The first-order chi connectivity index (χ1) is 14.9. The van der Waals surface area contributed by atoms with E-state index in [0.717, 1.165) is 6.07 Å². The highest BCUT2D eigenvalue weighted by atomic mass is 35.5. The van der Waals surface area contributed by atoms with E-state index in [1.54, 1.807) is 4.90 Å². The van der Waals surface area contributed by atoms with Crippen LogP contribution in [0.25, 0.3) is 0 Å². The van der Waals surface area contributed by atoms with E-state index >= 15 is 0 Å². The van der Waals surface area contributed by atoms with E-state index in [0.29, 0.717) is 26.3 Å². The molecule has 1 heterocycles. The normalized spacial score (nSPS) is 13.9. The van der Waals surface area contributed by atoms with Crippen molar-refractivity contribution in [2.24, 2.45) is 0 Å². The van der Waals surface area contributed by atoms with Crippen LogP contribution < -0.4 is 21.5 Å². The maximum atomic E-state index is 13.7. The van der Waals surface area contributed by atoms with Gasteiger partial charge in [-0.3, -0.25) is 14.4 Å². The molecule has 4 rings (SSSR count). The van der Waals surface area contributed by atoms with Gasteiger partial charge in [0.2, 0.25) is 0 Å². The average Bonchev–Trinajstić information content (AvgIpc) is 2.79. The van der Waals surface area contributed by atoms with Crippen LogP contribution in [0.4, 0.5) is 27.1 Å². The summed E-state index contributed by atoms with van der Waals surface area (Å²) in [6.45, 7) is 1.62. The Morgan fingerprint density at radius 1 is 1.00 bits per heavy atom. The summed E-state index contributed by atoms with van der Waals surface area (Å²) in [5.74, 6) is -1.42. The van der Waals surface area contributed by atoms with Gasteiger partial charge in [0.1, 0.15) is 17.2 Å². The Kier molecular flexibility index (Phi) is 5.62. The molecule has 0 saturated carbocycles. The van der Waals surface area contributed by atoms with Crippen LogP contribution in [0.2, 0.25) is 5.02 Å². The summed E-state index contributed by atoms with van der Waals surface area (Å²) in [4.78, 5) is 38.4. The lowest BCUT2D eigenvalue weighted by atomic mass is 10.1. The van der Waals surface area contributed by atoms with Crippen LogP contribution in [-0.4, -0.2) is 42.2 Å². The van der Waals surface area contributed by atoms with E-state index in [9.17, 15) is 23.9 Å². The SMILES string of the molecule is O=C(c1cccc(Nc2c(Nc3cccc(F)c3Cl)c(=O)c2=O)c1O)N1CCOCC1. The molecule has 8 nitrogen and oxygen atoms in total. The van der Waals surface area contributed by atoms with Crippen LogP contribution in [0, 0.1) is 5.82 Å². The summed E-state index contributed by atoms with van der Waals surface area (Å²) in [7, 11) is 0. The van der Waals surface area contributed by atoms with Crippen LogP contribution >= 0.6 is 11.6 Å². The second-order valence-corrected chi connectivity index (χ2v) is 7.24. The van der Waals surface area contributed by atoms with Crippen LogP contribution in [0.1, 0.15) is 10.4 Å². The van der Waals surface area contributed by atoms with Crippen molar-refractivity contribution in [3.05, 3.63) is 73.2 Å². The van der Waals surface area contributed by atoms with Crippen molar-refractivity contribution in [1.29, 1.82) is 0 Å². The Morgan fingerprint density at radius 2 is 1.58 bits per heavy atom. The molecule has 160 valence electrons. The number of nitrogens with zero attached hydrogens (tertiary/aromatic N) is 1. The Labute approximate surface area is 180 Å². The zero-order valence-corrected chi connectivity index (χ0v) is 16.8. The monoisotopic (exact) mass is 445 g/mol. The molecule has 1 saturated heterocycles. The number of hydrogen-bond acceptors (Lipinski definition) is 7. The second kappa shape index (κ2) is 8.37. The highest BCUT2D eigenvalue weighted by molar-refractivity contribution is 6.33. The molecule has 1 amide bonds. The van der Waals surface area contributed by atoms with Gasteiger partial charge in [0, 0.05) is 13.1 Å². The molecule has 1 fully saturated rings. The van der Waals surface area contributed by atoms with Gasteiger partial charge in [-0.1, -0.05) is 23.7 Å². The third-order valence-electron chi connectivity index (χ3n) is 4.95. The number of amides is 1. The first-order valence-corrected chi connectivity index (χ1v) is 9.76. The number of aromatic hydroxyl groups is 1. The molecule has 0 aliphatic carbocycles. The van der Waals surface area contributed by atoms with E-state index in [-0.39, 0.29) is 45.0 Å². The topological polar surface area (TPSA) is 108 Å². The number of ether oxygens (including phenoxy) is 1. The van der Waals surface area contributed by atoms with E-state index in [2.05, 4.69) is 10.6 Å². The molecule has 0 atom stereocenters. The van der Waals surface area contributed by atoms with Gasteiger partial charge in [0.15, 0.2) is 5.75 Å². The van der Waals surface area contributed by atoms with E-state index < -0.39 is 16.7 Å². The number of para-hydroxylation sites is 1. The zero-order valence-electron chi connectivity index (χ0n) is 16.1. The number of carbonyl (C=O) groups excluding carboxylic acids is 1. The number of benzene rings is 2. The Bertz CT molecular complexity index is 1230. The molecular weight excluding hydrogens is 429 g/mol. The van der Waals surface area contributed by atoms with Gasteiger partial charge >= 0.3 is 0 Å². The number of phenols is 1. The molecular formula is C21H17ClFN3O5. The van der Waals surface area contributed by atoms with Gasteiger partial charge in [-0.2, -0.15) is 0 Å². The molecule has 10 heteroatoms. The van der Waals surface area contributed by atoms with E-state index in [1.165, 1.54) is 30.3 Å². The Morgan fingerprint density at radius 3 is 2.26 bits per heavy atom. The third-order valence-corrected chi connectivity index (χ3v) is 5.33. The van der Waals surface area contributed by atoms with Crippen LogP contribution in [0.15, 0.2) is 46.0 Å². The van der Waals surface area contributed by atoms with Crippen molar-refractivity contribution in [3.8, 4) is 5.75 Å². The zero-order chi connectivity index (χ0) is 22.1. The molecule has 1 aliphatic rings. The number of morpholine rings is 1. The van der Waals surface area contributed by atoms with Crippen LogP contribution in [0.3, 0.4) is 0 Å². The van der Waals surface area contributed by atoms with E-state index in [4.69, 9.17) is 16.3 Å². The third kappa shape index (κ3) is 3.85. The Hall–Kier alpha value is -3.43. The van der Waals surface area contributed by atoms with Gasteiger partial charge in [-0.15, -0.1) is 0 Å². The van der Waals surface area contributed by atoms with Crippen LogP contribution in [0.5, 0.6) is 5.75 Å². The molecule has 0 spiro atoms. The fraction of sp³-hybridized carbons (Fsp3) is 0.190. The van der Waals surface area contributed by atoms with Gasteiger partial charge in [0.25, 0.3) is 16.8 Å². The number of halogens is 2. The van der Waals surface area contributed by atoms with Gasteiger partial charge in [0.05, 0.1) is 35.2 Å². The smallest absolute Gasteiger partial charge is 0.257 e. The highest BCUT2D eigenvalue weighted by Gasteiger charge is 2.26. The fourth-order valence-corrected chi connectivity index (χ4v) is 3.43. The number of nitrogens with one attached hydrogen (secondary N) is 2. The van der Waals surface area contributed by atoms with Gasteiger partial charge < -0.3 is 25.4 Å². The lowest BCUT2D eigenvalue weighted by molar-refractivity contribution is 0.0301. The molecule has 1 aliphatic heterocycles. The summed E-state index contributed by atoms with van der Waals surface area (Å²) >= 11 is 5.90. The molecule has 3 aromatic carbocycles. The maximum absolute atomic E-state index is 13.7. The van der Waals surface area contributed by atoms with Crippen molar-refractivity contribution >= 4 is 40.3 Å². The standard InChI is InChI=1S/C21H17ClFN3O5/c22-15-12(23)4-2-5-13(15)24-16-17(20(29)19(16)28)25-14-6-1-3-11(18(14)27)21(30)26-7-9-31-10-8-26/h1-6,24-25,27H,7-10H2. The number of carbonyl (C=O) groups is 1. The quantitative estimate of drug-likeness (QED) is 0.409. The van der Waals surface area contributed by atoms with Crippen molar-refractivity contribution in [2.75, 3.05) is 36.9 Å². The predicted octanol–water partition coefficient (Wildman–Crippen LogP) is 2.74. The lowest BCUT2D eigenvalue weighted by Crippen LogP contribution is -2.40. The van der Waals surface area contributed by atoms with Crippen LogP contribution in [-0.2, 0) is 4.74 Å². The minimum absolute atomic E-state index is 0.0493. The van der Waals surface area contributed by atoms with Gasteiger partial charge in [-0.05, 0) is 24.3 Å². The number of hydrogen-bond donors (Lipinski definition) is 3. The van der Waals surface area contributed by atoms with Crippen molar-refractivity contribution in [2.45, 2.75) is 0 Å². The summed E-state index contributed by atoms with van der Waals surface area (Å²) in [5, 5.41) is 15.7. The molecule has 31 heavy (non-hydrogen) atoms. The van der Waals surface area contributed by atoms with Crippen molar-refractivity contribution in [3.63, 3.8) is 0 Å². The first-order valence-electron chi connectivity index (χ1n) is 9.39. The predicted molar refractivity (Wildman–Crippen MR) is 114 cm³/mol. The maximum Gasteiger partial charge on any atom is 0.257 e. The van der Waals surface area contributed by atoms with Gasteiger partial charge in [-0.25, -0.2) is 4.39 Å². The highest BCUT2D eigenvalue weighted by Crippen LogP contribution is 2.34. The molecule has 0 radical (unpaired) electrons. The minimum Gasteiger partial charge on any atom is -0.505 e. The summed E-state index contributed by atoms with van der Waals surface area (Å²) in [6.07, 6.45) is 0. The molecule has 0 unspecified atom stereocenters. The molecule has 0 bridgehead atoms. The average molecular weight is 446 g/mol. The summed E-state index contributed by atoms with van der Waals surface area (Å²) in [5.41, 5.74) is -1.66. The number of phenolic OH excluding ortho intramolecular Hbond substituents is 1. The number of anilines is 4. The molecule has 3 N–H and O–H groups in total. The molecule has 0 aromatic heterocycles. The number of rotatable bonds is 5. The largest absolute Gasteiger partial charge is 0.505 e. The molecule has 3 aromatic rings. The van der Waals surface area contributed by atoms with E-state index in [1.807, 2.05) is 0 Å². The summed E-state index contributed by atoms with van der Waals surface area (Å²) in [6, 6.07) is 8.47. The second-order valence-electron chi connectivity index (χ2n) is 6.87. The Balaban J connectivity index is 1.61. The summed E-state index contributed by atoms with van der Waals surface area (Å²) < 4.78 is 18.9. The first kappa shape index (κ1) is 20.8.